The third-order valence-electron chi connectivity index (χ3n) is 3.74. The average molecular weight is 237 g/mol. The van der Waals surface area contributed by atoms with Crippen LogP contribution < -0.4 is 0 Å². The molecule has 2 unspecified atom stereocenters. The van der Waals surface area contributed by atoms with Crippen LogP contribution in [0.4, 0.5) is 0 Å². The van der Waals surface area contributed by atoms with Crippen molar-refractivity contribution in [1.82, 2.24) is 4.90 Å². The summed E-state index contributed by atoms with van der Waals surface area (Å²) >= 11 is 0. The highest BCUT2D eigenvalue weighted by Gasteiger charge is 2.32. The molecule has 1 N–H and O–H groups in total. The molecule has 0 aromatic rings. The molecule has 0 radical (unpaired) electrons. The van der Waals surface area contributed by atoms with Crippen molar-refractivity contribution in [2.24, 2.45) is 11.8 Å². The van der Waals surface area contributed by atoms with Gasteiger partial charge in [-0.1, -0.05) is 32.6 Å². The Bertz CT molecular complexity index is 293. The van der Waals surface area contributed by atoms with Crippen LogP contribution in [-0.4, -0.2) is 35.1 Å². The predicted octanol–water partition coefficient (Wildman–Crippen LogP) is 2.22. The van der Waals surface area contributed by atoms with E-state index in [-0.39, 0.29) is 6.54 Å². The molecule has 0 saturated heterocycles. The second-order valence-corrected chi connectivity index (χ2v) is 5.26. The minimum atomic E-state index is -0.784. The zero-order chi connectivity index (χ0) is 12.8. The van der Waals surface area contributed by atoms with Crippen LogP contribution in [0.25, 0.3) is 0 Å². The first-order chi connectivity index (χ1) is 8.06. The van der Waals surface area contributed by atoms with Gasteiger partial charge in [0.25, 0.3) is 0 Å². The normalized spacial score (nSPS) is 24.9. The molecule has 0 aromatic carbocycles. The Labute approximate surface area is 104 Å². The van der Waals surface area contributed by atoms with E-state index in [4.69, 9.17) is 11.5 Å². The fourth-order valence-corrected chi connectivity index (χ4v) is 2.95. The quantitative estimate of drug-likeness (QED) is 0.745. The predicted molar refractivity (Wildman–Crippen MR) is 68.6 cm³/mol. The van der Waals surface area contributed by atoms with Gasteiger partial charge in [0, 0.05) is 6.04 Å². The molecule has 0 aliphatic heterocycles. The van der Waals surface area contributed by atoms with Crippen LogP contribution in [-0.2, 0) is 4.79 Å². The van der Waals surface area contributed by atoms with Crippen molar-refractivity contribution >= 4 is 5.97 Å². The van der Waals surface area contributed by atoms with Gasteiger partial charge < -0.3 is 5.11 Å². The van der Waals surface area contributed by atoms with E-state index in [0.29, 0.717) is 24.4 Å². The second-order valence-electron chi connectivity index (χ2n) is 5.26. The molecule has 0 amide bonds. The molecule has 0 heterocycles. The number of hydrogen-bond acceptors (Lipinski definition) is 2. The van der Waals surface area contributed by atoms with E-state index < -0.39 is 5.97 Å². The van der Waals surface area contributed by atoms with Crippen molar-refractivity contribution in [2.75, 3.05) is 13.1 Å². The molecule has 1 fully saturated rings. The lowest BCUT2D eigenvalue weighted by Gasteiger charge is -2.40. The summed E-state index contributed by atoms with van der Waals surface area (Å²) in [6.45, 7) is 4.95. The Morgan fingerprint density at radius 3 is 2.65 bits per heavy atom. The van der Waals surface area contributed by atoms with E-state index >= 15 is 0 Å². The van der Waals surface area contributed by atoms with E-state index in [1.165, 1.54) is 19.3 Å². The number of terminal acetylenes is 1. The van der Waals surface area contributed by atoms with Gasteiger partial charge in [0.15, 0.2) is 0 Å². The van der Waals surface area contributed by atoms with Gasteiger partial charge in [0.2, 0.25) is 0 Å². The SMILES string of the molecule is C#CCN(CC(=O)O)C1CCCCC1C(C)C. The molecule has 2 atom stereocenters. The highest BCUT2D eigenvalue weighted by Crippen LogP contribution is 2.33. The van der Waals surface area contributed by atoms with Gasteiger partial charge in [-0.2, -0.15) is 0 Å². The summed E-state index contributed by atoms with van der Waals surface area (Å²) in [5.74, 6) is 2.98. The Kier molecular flexibility index (Phi) is 5.50. The molecule has 96 valence electrons. The van der Waals surface area contributed by atoms with Crippen LogP contribution in [0.15, 0.2) is 0 Å². The maximum atomic E-state index is 10.9. The molecule has 1 rings (SSSR count). The molecule has 3 nitrogen and oxygen atoms in total. The van der Waals surface area contributed by atoms with Crippen molar-refractivity contribution in [2.45, 2.75) is 45.6 Å². The smallest absolute Gasteiger partial charge is 0.317 e. The van der Waals surface area contributed by atoms with Crippen molar-refractivity contribution in [1.29, 1.82) is 0 Å². The lowest BCUT2D eigenvalue weighted by atomic mass is 9.77. The van der Waals surface area contributed by atoms with Gasteiger partial charge in [-0.25, -0.2) is 0 Å². The largest absolute Gasteiger partial charge is 0.480 e. The Hall–Kier alpha value is -1.01. The number of hydrogen-bond donors (Lipinski definition) is 1. The van der Waals surface area contributed by atoms with Crippen LogP contribution in [0.3, 0.4) is 0 Å². The van der Waals surface area contributed by atoms with Crippen molar-refractivity contribution < 1.29 is 9.90 Å². The summed E-state index contributed by atoms with van der Waals surface area (Å²) in [5, 5.41) is 8.96. The van der Waals surface area contributed by atoms with Crippen molar-refractivity contribution in [3.8, 4) is 12.3 Å². The molecule has 1 aliphatic rings. The minimum absolute atomic E-state index is 0.0675. The number of aliphatic carboxylic acids is 1. The number of nitrogens with zero attached hydrogens (tertiary/aromatic N) is 1. The van der Waals surface area contributed by atoms with E-state index in [9.17, 15) is 4.79 Å². The van der Waals surface area contributed by atoms with Crippen LogP contribution in [0.1, 0.15) is 39.5 Å². The third kappa shape index (κ3) is 4.05. The molecule has 0 bridgehead atoms. The summed E-state index contributed by atoms with van der Waals surface area (Å²) in [7, 11) is 0. The molecule has 1 saturated carbocycles. The summed E-state index contributed by atoms with van der Waals surface area (Å²) in [6, 6.07) is 0.343. The minimum Gasteiger partial charge on any atom is -0.480 e. The fraction of sp³-hybridized carbons (Fsp3) is 0.786. The highest BCUT2D eigenvalue weighted by atomic mass is 16.4. The zero-order valence-electron chi connectivity index (χ0n) is 10.9. The highest BCUT2D eigenvalue weighted by molar-refractivity contribution is 5.69. The van der Waals surface area contributed by atoms with Gasteiger partial charge in [0.1, 0.15) is 0 Å². The molecule has 3 heteroatoms. The van der Waals surface area contributed by atoms with Crippen LogP contribution in [0.2, 0.25) is 0 Å². The second kappa shape index (κ2) is 6.66. The zero-order valence-corrected chi connectivity index (χ0v) is 10.9. The maximum Gasteiger partial charge on any atom is 0.317 e. The topological polar surface area (TPSA) is 40.5 Å². The number of carboxylic acid groups (broad SMARTS) is 1. The van der Waals surface area contributed by atoms with Gasteiger partial charge in [0.05, 0.1) is 13.1 Å². The molecule has 0 spiro atoms. The fourth-order valence-electron chi connectivity index (χ4n) is 2.95. The Morgan fingerprint density at radius 2 is 2.12 bits per heavy atom. The van der Waals surface area contributed by atoms with Crippen LogP contribution >= 0.6 is 0 Å². The summed E-state index contributed by atoms with van der Waals surface area (Å²) in [6.07, 6.45) is 10.1. The van der Waals surface area contributed by atoms with E-state index in [2.05, 4.69) is 19.8 Å². The van der Waals surface area contributed by atoms with Crippen molar-refractivity contribution in [3.63, 3.8) is 0 Å². The third-order valence-corrected chi connectivity index (χ3v) is 3.74. The van der Waals surface area contributed by atoms with Gasteiger partial charge in [-0.05, 0) is 24.7 Å². The van der Waals surface area contributed by atoms with Gasteiger partial charge in [-0.15, -0.1) is 6.42 Å². The molecular weight excluding hydrogens is 214 g/mol. The first-order valence-corrected chi connectivity index (χ1v) is 6.45. The summed E-state index contributed by atoms with van der Waals surface area (Å²) in [5.41, 5.74) is 0. The number of carbonyl (C=O) groups is 1. The van der Waals surface area contributed by atoms with Crippen molar-refractivity contribution in [3.05, 3.63) is 0 Å². The number of rotatable bonds is 5. The summed E-state index contributed by atoms with van der Waals surface area (Å²) < 4.78 is 0. The van der Waals surface area contributed by atoms with Gasteiger partial charge >= 0.3 is 5.97 Å². The Morgan fingerprint density at radius 1 is 1.47 bits per heavy atom. The monoisotopic (exact) mass is 237 g/mol. The lowest BCUT2D eigenvalue weighted by molar-refractivity contribution is -0.139. The van der Waals surface area contributed by atoms with E-state index in [1.807, 2.05) is 4.90 Å². The molecule has 17 heavy (non-hydrogen) atoms. The van der Waals surface area contributed by atoms with E-state index in [0.717, 1.165) is 6.42 Å². The molecular formula is C14H23NO2. The maximum absolute atomic E-state index is 10.9. The van der Waals surface area contributed by atoms with Crippen LogP contribution in [0.5, 0.6) is 0 Å². The standard InChI is InChI=1S/C14H23NO2/c1-4-9-15(10-14(16)17)13-8-6-5-7-12(13)11(2)3/h1,11-13H,5-10H2,2-3H3,(H,16,17). The average Bonchev–Trinajstić information content (AvgIpc) is 2.28. The Balaban J connectivity index is 2.74. The first kappa shape index (κ1) is 14.1. The number of carboxylic acids is 1. The molecule has 0 aromatic heterocycles. The van der Waals surface area contributed by atoms with E-state index in [1.54, 1.807) is 0 Å². The van der Waals surface area contributed by atoms with Crippen LogP contribution in [0, 0.1) is 24.2 Å². The summed E-state index contributed by atoms with van der Waals surface area (Å²) in [4.78, 5) is 12.9. The lowest BCUT2D eigenvalue weighted by Crippen LogP contribution is -2.46. The molecule has 1 aliphatic carbocycles. The van der Waals surface area contributed by atoms with Gasteiger partial charge in [-0.3, -0.25) is 9.69 Å². The first-order valence-electron chi connectivity index (χ1n) is 6.45.